The molecule has 3 aromatic rings. The number of rotatable bonds is 6. The number of aromatic nitrogens is 1. The van der Waals surface area contributed by atoms with Gasteiger partial charge in [-0.25, -0.2) is 9.78 Å². The van der Waals surface area contributed by atoms with Crippen LogP contribution >= 0.6 is 0 Å². The van der Waals surface area contributed by atoms with Gasteiger partial charge >= 0.3 is 6.03 Å². The molecule has 1 aromatic heterocycles. The number of urea groups is 1. The standard InChI is InChI=1S/C23H23N3O3/c1-3-14-23(18-12-8-5-9-13-18)21(27)26(22(28)25-23)15-19-16(2)29-20(24-19)17-10-6-4-7-11-17/h4-13H,3,14-15H2,1-2H3,(H,25,28). The molecule has 3 amide bonds. The van der Waals surface area contributed by atoms with Gasteiger partial charge in [-0.15, -0.1) is 0 Å². The van der Waals surface area contributed by atoms with Crippen molar-refractivity contribution in [3.8, 4) is 11.5 Å². The lowest BCUT2D eigenvalue weighted by Gasteiger charge is -2.26. The Bertz CT molecular complexity index is 1030. The van der Waals surface area contributed by atoms with Crippen molar-refractivity contribution >= 4 is 11.9 Å². The van der Waals surface area contributed by atoms with E-state index in [0.717, 1.165) is 17.5 Å². The molecular weight excluding hydrogens is 366 g/mol. The Morgan fingerprint density at radius 3 is 2.34 bits per heavy atom. The van der Waals surface area contributed by atoms with Crippen LogP contribution in [0.25, 0.3) is 11.5 Å². The van der Waals surface area contributed by atoms with Crippen molar-refractivity contribution in [2.45, 2.75) is 38.8 Å². The molecule has 1 fully saturated rings. The van der Waals surface area contributed by atoms with Crippen LogP contribution < -0.4 is 5.32 Å². The first kappa shape index (κ1) is 18.9. The molecule has 0 spiro atoms. The maximum atomic E-state index is 13.4. The average Bonchev–Trinajstić information content (AvgIpc) is 3.23. The molecule has 2 heterocycles. The maximum absolute atomic E-state index is 13.4. The number of aryl methyl sites for hydroxylation is 1. The van der Waals surface area contributed by atoms with Gasteiger partial charge in [-0.3, -0.25) is 9.69 Å². The van der Waals surface area contributed by atoms with E-state index in [-0.39, 0.29) is 12.5 Å². The molecule has 4 rings (SSSR count). The predicted octanol–water partition coefficient (Wildman–Crippen LogP) is 4.40. The zero-order valence-corrected chi connectivity index (χ0v) is 16.5. The van der Waals surface area contributed by atoms with Crippen LogP contribution in [0.5, 0.6) is 0 Å². The number of nitrogens with zero attached hydrogens (tertiary/aromatic N) is 2. The van der Waals surface area contributed by atoms with Gasteiger partial charge in [0.05, 0.1) is 6.54 Å². The highest BCUT2D eigenvalue weighted by atomic mass is 16.4. The smallest absolute Gasteiger partial charge is 0.325 e. The van der Waals surface area contributed by atoms with E-state index in [1.54, 1.807) is 6.92 Å². The summed E-state index contributed by atoms with van der Waals surface area (Å²) in [6.45, 7) is 3.87. The Morgan fingerprint density at radius 2 is 1.69 bits per heavy atom. The van der Waals surface area contributed by atoms with E-state index in [1.165, 1.54) is 4.90 Å². The van der Waals surface area contributed by atoms with Crippen molar-refractivity contribution in [1.29, 1.82) is 0 Å². The van der Waals surface area contributed by atoms with Crippen LogP contribution in [0.3, 0.4) is 0 Å². The third kappa shape index (κ3) is 3.31. The van der Waals surface area contributed by atoms with E-state index in [0.29, 0.717) is 23.8 Å². The summed E-state index contributed by atoms with van der Waals surface area (Å²) in [5.74, 6) is 0.824. The van der Waals surface area contributed by atoms with Gasteiger partial charge in [0, 0.05) is 5.56 Å². The molecule has 1 saturated heterocycles. The largest absolute Gasteiger partial charge is 0.441 e. The van der Waals surface area contributed by atoms with E-state index < -0.39 is 11.6 Å². The van der Waals surface area contributed by atoms with Crippen LogP contribution in [0, 0.1) is 6.92 Å². The third-order valence-electron chi connectivity index (χ3n) is 5.29. The van der Waals surface area contributed by atoms with Crippen LogP contribution in [-0.4, -0.2) is 21.8 Å². The minimum absolute atomic E-state index is 0.0745. The number of hydrogen-bond donors (Lipinski definition) is 1. The molecule has 1 aliphatic heterocycles. The van der Waals surface area contributed by atoms with Crippen molar-refractivity contribution in [3.63, 3.8) is 0 Å². The third-order valence-corrected chi connectivity index (χ3v) is 5.29. The first-order valence-corrected chi connectivity index (χ1v) is 9.76. The van der Waals surface area contributed by atoms with Gasteiger partial charge in [-0.2, -0.15) is 0 Å². The topological polar surface area (TPSA) is 75.4 Å². The summed E-state index contributed by atoms with van der Waals surface area (Å²) in [6, 6.07) is 18.6. The first-order chi connectivity index (χ1) is 14.0. The molecule has 1 atom stereocenters. The van der Waals surface area contributed by atoms with Gasteiger partial charge < -0.3 is 9.73 Å². The molecule has 6 nitrogen and oxygen atoms in total. The number of amides is 3. The molecule has 0 radical (unpaired) electrons. The molecule has 0 saturated carbocycles. The predicted molar refractivity (Wildman–Crippen MR) is 109 cm³/mol. The Labute approximate surface area is 169 Å². The van der Waals surface area contributed by atoms with Crippen molar-refractivity contribution < 1.29 is 14.0 Å². The highest BCUT2D eigenvalue weighted by molar-refractivity contribution is 6.07. The molecule has 0 aliphatic carbocycles. The molecule has 1 N–H and O–H groups in total. The van der Waals surface area contributed by atoms with E-state index in [2.05, 4.69) is 10.3 Å². The van der Waals surface area contributed by atoms with E-state index in [9.17, 15) is 9.59 Å². The summed E-state index contributed by atoms with van der Waals surface area (Å²) in [5, 5.41) is 2.94. The number of hydrogen-bond acceptors (Lipinski definition) is 4. The van der Waals surface area contributed by atoms with Crippen molar-refractivity contribution in [1.82, 2.24) is 15.2 Å². The summed E-state index contributed by atoms with van der Waals surface area (Å²) in [4.78, 5) is 32.0. The summed E-state index contributed by atoms with van der Waals surface area (Å²) in [6.07, 6.45) is 1.29. The van der Waals surface area contributed by atoms with Gasteiger partial charge in [0.15, 0.2) is 0 Å². The van der Waals surface area contributed by atoms with Gasteiger partial charge in [-0.05, 0) is 31.0 Å². The fraction of sp³-hybridized carbons (Fsp3) is 0.261. The summed E-state index contributed by atoms with van der Waals surface area (Å²) in [7, 11) is 0. The number of carbonyl (C=O) groups excluding carboxylic acids is 2. The van der Waals surface area contributed by atoms with Crippen LogP contribution in [0.15, 0.2) is 65.1 Å². The van der Waals surface area contributed by atoms with E-state index >= 15 is 0 Å². The van der Waals surface area contributed by atoms with Gasteiger partial charge in [0.1, 0.15) is 17.0 Å². The molecule has 0 bridgehead atoms. The van der Waals surface area contributed by atoms with Crippen molar-refractivity contribution in [2.75, 3.05) is 0 Å². The molecule has 1 unspecified atom stereocenters. The van der Waals surface area contributed by atoms with E-state index in [4.69, 9.17) is 4.42 Å². The fourth-order valence-corrected chi connectivity index (χ4v) is 3.81. The van der Waals surface area contributed by atoms with Gasteiger partial charge in [0.25, 0.3) is 5.91 Å². The fourth-order valence-electron chi connectivity index (χ4n) is 3.81. The normalized spacial score (nSPS) is 18.9. The number of carbonyl (C=O) groups is 2. The second-order valence-corrected chi connectivity index (χ2v) is 7.23. The van der Waals surface area contributed by atoms with Gasteiger partial charge in [-0.1, -0.05) is 61.9 Å². The van der Waals surface area contributed by atoms with Crippen molar-refractivity contribution in [3.05, 3.63) is 77.7 Å². The molecular formula is C23H23N3O3. The highest BCUT2D eigenvalue weighted by Crippen LogP contribution is 2.34. The molecule has 148 valence electrons. The van der Waals surface area contributed by atoms with Gasteiger partial charge in [0.2, 0.25) is 5.89 Å². The SMILES string of the molecule is CCCC1(c2ccccc2)NC(=O)N(Cc2nc(-c3ccccc3)oc2C)C1=O. The van der Waals surface area contributed by atoms with Crippen LogP contribution in [0.2, 0.25) is 0 Å². The number of oxazole rings is 1. The number of imide groups is 1. The second-order valence-electron chi connectivity index (χ2n) is 7.23. The van der Waals surface area contributed by atoms with Crippen LogP contribution in [-0.2, 0) is 16.9 Å². The summed E-state index contributed by atoms with van der Waals surface area (Å²) < 4.78 is 5.78. The Kier molecular flexibility index (Phi) is 4.92. The Morgan fingerprint density at radius 1 is 1.03 bits per heavy atom. The quantitative estimate of drug-likeness (QED) is 0.634. The number of benzene rings is 2. The summed E-state index contributed by atoms with van der Waals surface area (Å²) >= 11 is 0. The summed E-state index contributed by atoms with van der Waals surface area (Å²) in [5.41, 5.74) is 1.19. The van der Waals surface area contributed by atoms with Crippen LogP contribution in [0.1, 0.15) is 36.8 Å². The lowest BCUT2D eigenvalue weighted by Crippen LogP contribution is -2.43. The molecule has 29 heavy (non-hydrogen) atoms. The highest BCUT2D eigenvalue weighted by Gasteiger charge is 2.51. The maximum Gasteiger partial charge on any atom is 0.325 e. The second kappa shape index (κ2) is 7.54. The molecule has 6 heteroatoms. The Balaban J connectivity index is 1.64. The minimum Gasteiger partial charge on any atom is -0.441 e. The first-order valence-electron chi connectivity index (χ1n) is 9.76. The van der Waals surface area contributed by atoms with Crippen molar-refractivity contribution in [2.24, 2.45) is 0 Å². The zero-order chi connectivity index (χ0) is 20.4. The lowest BCUT2D eigenvalue weighted by atomic mass is 9.85. The van der Waals surface area contributed by atoms with E-state index in [1.807, 2.05) is 67.6 Å². The molecule has 1 aliphatic rings. The lowest BCUT2D eigenvalue weighted by molar-refractivity contribution is -0.132. The molecule has 2 aromatic carbocycles. The minimum atomic E-state index is -1.03. The monoisotopic (exact) mass is 389 g/mol. The number of nitrogens with one attached hydrogen (secondary N) is 1. The zero-order valence-electron chi connectivity index (χ0n) is 16.5. The van der Waals surface area contributed by atoms with Crippen LogP contribution in [0.4, 0.5) is 4.79 Å². The average molecular weight is 389 g/mol. The Hall–Kier alpha value is -3.41.